The molecule has 5 heteroatoms. The standard InChI is InChI=1S/C19H28N4.HI/c1-2-20-19(21-11-16-22-12-6-13-22)23-14-9-18(10-15-23)17-7-4-3-5-8-17;/h3-5,7-9H,2,6,10-16H2,1H3,(H,20,21);1H. The second kappa shape index (κ2) is 10.0. The molecule has 2 aliphatic heterocycles. The first kappa shape index (κ1) is 19.2. The monoisotopic (exact) mass is 440 g/mol. The summed E-state index contributed by atoms with van der Waals surface area (Å²) in [7, 11) is 0. The van der Waals surface area contributed by atoms with E-state index >= 15 is 0 Å². The van der Waals surface area contributed by atoms with Gasteiger partial charge in [0.2, 0.25) is 0 Å². The van der Waals surface area contributed by atoms with Gasteiger partial charge < -0.3 is 15.1 Å². The number of nitrogens with one attached hydrogen (secondary N) is 1. The Labute approximate surface area is 163 Å². The highest BCUT2D eigenvalue weighted by Gasteiger charge is 2.17. The van der Waals surface area contributed by atoms with E-state index in [-0.39, 0.29) is 24.0 Å². The average molecular weight is 440 g/mol. The van der Waals surface area contributed by atoms with Crippen LogP contribution >= 0.6 is 24.0 Å². The van der Waals surface area contributed by atoms with Gasteiger partial charge in [0.1, 0.15) is 0 Å². The molecule has 0 aromatic heterocycles. The van der Waals surface area contributed by atoms with Crippen LogP contribution in [-0.4, -0.2) is 61.6 Å². The molecule has 0 unspecified atom stereocenters. The molecule has 0 bridgehead atoms. The van der Waals surface area contributed by atoms with Gasteiger partial charge in [-0.2, -0.15) is 0 Å². The first-order chi connectivity index (χ1) is 11.4. The highest BCUT2D eigenvalue weighted by Crippen LogP contribution is 2.21. The smallest absolute Gasteiger partial charge is 0.194 e. The highest BCUT2D eigenvalue weighted by atomic mass is 127. The summed E-state index contributed by atoms with van der Waals surface area (Å²) in [5.41, 5.74) is 2.81. The van der Waals surface area contributed by atoms with Gasteiger partial charge in [-0.05, 0) is 44.0 Å². The molecule has 0 radical (unpaired) electrons. The summed E-state index contributed by atoms with van der Waals surface area (Å²) in [6, 6.07) is 10.7. The predicted molar refractivity (Wildman–Crippen MR) is 113 cm³/mol. The fraction of sp³-hybridized carbons (Fsp3) is 0.526. The largest absolute Gasteiger partial charge is 0.357 e. The van der Waals surface area contributed by atoms with Crippen LogP contribution in [0.1, 0.15) is 25.3 Å². The molecule has 1 fully saturated rings. The third kappa shape index (κ3) is 5.21. The van der Waals surface area contributed by atoms with Crippen molar-refractivity contribution in [3.05, 3.63) is 42.0 Å². The quantitative estimate of drug-likeness (QED) is 0.434. The van der Waals surface area contributed by atoms with E-state index in [2.05, 4.69) is 58.4 Å². The molecule has 1 N–H and O–H groups in total. The molecule has 24 heavy (non-hydrogen) atoms. The van der Waals surface area contributed by atoms with Crippen LogP contribution in [0.25, 0.3) is 5.57 Å². The summed E-state index contributed by atoms with van der Waals surface area (Å²) in [5.74, 6) is 1.07. The van der Waals surface area contributed by atoms with Crippen LogP contribution in [0.2, 0.25) is 0 Å². The number of hydrogen-bond acceptors (Lipinski definition) is 2. The molecule has 1 saturated heterocycles. The molecule has 2 heterocycles. The van der Waals surface area contributed by atoms with Gasteiger partial charge in [-0.25, -0.2) is 0 Å². The summed E-state index contributed by atoms with van der Waals surface area (Å²) < 4.78 is 0. The SMILES string of the molecule is CCNC(=NCCN1CCC1)N1CC=C(c2ccccc2)CC1.I. The number of likely N-dealkylation sites (tertiary alicyclic amines) is 1. The van der Waals surface area contributed by atoms with Gasteiger partial charge in [-0.3, -0.25) is 4.99 Å². The zero-order valence-electron chi connectivity index (χ0n) is 14.6. The Balaban J connectivity index is 0.00000208. The van der Waals surface area contributed by atoms with Crippen molar-refractivity contribution in [1.29, 1.82) is 0 Å². The van der Waals surface area contributed by atoms with E-state index in [1.165, 1.54) is 30.6 Å². The lowest BCUT2D eigenvalue weighted by atomic mass is 10.00. The van der Waals surface area contributed by atoms with E-state index in [0.717, 1.165) is 45.1 Å². The Morgan fingerprint density at radius 3 is 2.54 bits per heavy atom. The van der Waals surface area contributed by atoms with Crippen LogP contribution in [-0.2, 0) is 0 Å². The summed E-state index contributed by atoms with van der Waals surface area (Å²) in [5, 5.41) is 3.44. The van der Waals surface area contributed by atoms with Crippen LogP contribution < -0.4 is 5.32 Å². The number of halogens is 1. The average Bonchev–Trinajstić information content (AvgIpc) is 2.57. The second-order valence-electron chi connectivity index (χ2n) is 6.22. The molecular formula is C19H29IN4. The van der Waals surface area contributed by atoms with Crippen LogP contribution in [0.5, 0.6) is 0 Å². The number of aliphatic imine (C=N–C) groups is 1. The van der Waals surface area contributed by atoms with Gasteiger partial charge >= 0.3 is 0 Å². The van der Waals surface area contributed by atoms with Crippen molar-refractivity contribution >= 4 is 35.5 Å². The number of hydrogen-bond donors (Lipinski definition) is 1. The van der Waals surface area contributed by atoms with Gasteiger partial charge in [0, 0.05) is 26.2 Å². The van der Waals surface area contributed by atoms with Crippen LogP contribution in [0.15, 0.2) is 41.4 Å². The summed E-state index contributed by atoms with van der Waals surface area (Å²) in [6.07, 6.45) is 4.78. The summed E-state index contributed by atoms with van der Waals surface area (Å²) >= 11 is 0. The molecule has 1 aromatic carbocycles. The molecule has 0 amide bonds. The highest BCUT2D eigenvalue weighted by molar-refractivity contribution is 14.0. The third-order valence-electron chi connectivity index (χ3n) is 4.61. The first-order valence-corrected chi connectivity index (χ1v) is 8.87. The fourth-order valence-corrected chi connectivity index (χ4v) is 3.10. The van der Waals surface area contributed by atoms with Crippen molar-refractivity contribution < 1.29 is 0 Å². The topological polar surface area (TPSA) is 30.9 Å². The molecule has 3 rings (SSSR count). The molecule has 0 atom stereocenters. The third-order valence-corrected chi connectivity index (χ3v) is 4.61. The normalized spacial score (nSPS) is 18.5. The lowest BCUT2D eigenvalue weighted by Crippen LogP contribution is -2.44. The number of benzene rings is 1. The molecular weight excluding hydrogens is 411 g/mol. The van der Waals surface area contributed by atoms with Crippen molar-refractivity contribution in [1.82, 2.24) is 15.1 Å². The van der Waals surface area contributed by atoms with Gasteiger partial charge in [-0.1, -0.05) is 36.4 Å². The molecule has 2 aliphatic rings. The molecule has 1 aromatic rings. The van der Waals surface area contributed by atoms with Gasteiger partial charge in [0.25, 0.3) is 0 Å². The second-order valence-corrected chi connectivity index (χ2v) is 6.22. The zero-order chi connectivity index (χ0) is 15.9. The lowest BCUT2D eigenvalue weighted by Gasteiger charge is -2.31. The Kier molecular flexibility index (Phi) is 8.05. The van der Waals surface area contributed by atoms with Crippen molar-refractivity contribution in [2.45, 2.75) is 19.8 Å². The van der Waals surface area contributed by atoms with Crippen molar-refractivity contribution in [3.63, 3.8) is 0 Å². The van der Waals surface area contributed by atoms with Crippen molar-refractivity contribution in [2.75, 3.05) is 45.8 Å². The van der Waals surface area contributed by atoms with Gasteiger partial charge in [0.15, 0.2) is 5.96 Å². The zero-order valence-corrected chi connectivity index (χ0v) is 16.9. The van der Waals surface area contributed by atoms with Crippen molar-refractivity contribution in [2.24, 2.45) is 4.99 Å². The molecule has 0 aliphatic carbocycles. The fourth-order valence-electron chi connectivity index (χ4n) is 3.10. The van der Waals surface area contributed by atoms with E-state index in [1.54, 1.807) is 0 Å². The number of nitrogens with zero attached hydrogens (tertiary/aromatic N) is 3. The number of rotatable bonds is 5. The van der Waals surface area contributed by atoms with Gasteiger partial charge in [-0.15, -0.1) is 24.0 Å². The lowest BCUT2D eigenvalue weighted by molar-refractivity contribution is 0.187. The minimum absolute atomic E-state index is 0. The Bertz CT molecular complexity index is 552. The maximum Gasteiger partial charge on any atom is 0.194 e. The minimum atomic E-state index is 0. The Morgan fingerprint density at radius 2 is 1.96 bits per heavy atom. The maximum absolute atomic E-state index is 4.82. The first-order valence-electron chi connectivity index (χ1n) is 8.87. The molecule has 0 saturated carbocycles. The van der Waals surface area contributed by atoms with Crippen LogP contribution in [0, 0.1) is 0 Å². The van der Waals surface area contributed by atoms with Gasteiger partial charge in [0.05, 0.1) is 6.54 Å². The van der Waals surface area contributed by atoms with Crippen molar-refractivity contribution in [3.8, 4) is 0 Å². The minimum Gasteiger partial charge on any atom is -0.357 e. The molecule has 0 spiro atoms. The number of guanidine groups is 1. The van der Waals surface area contributed by atoms with E-state index in [0.29, 0.717) is 0 Å². The summed E-state index contributed by atoms with van der Waals surface area (Å²) in [6.45, 7) is 9.53. The molecule has 4 nitrogen and oxygen atoms in total. The maximum atomic E-state index is 4.82. The van der Waals surface area contributed by atoms with Crippen LogP contribution in [0.4, 0.5) is 0 Å². The summed E-state index contributed by atoms with van der Waals surface area (Å²) in [4.78, 5) is 9.65. The predicted octanol–water partition coefficient (Wildman–Crippen LogP) is 3.06. The Morgan fingerprint density at radius 1 is 1.17 bits per heavy atom. The van der Waals surface area contributed by atoms with Crippen LogP contribution in [0.3, 0.4) is 0 Å². The van der Waals surface area contributed by atoms with E-state index in [1.807, 2.05) is 0 Å². The van der Waals surface area contributed by atoms with E-state index < -0.39 is 0 Å². The Hall–Kier alpha value is -1.08. The van der Waals surface area contributed by atoms with E-state index in [9.17, 15) is 0 Å². The molecule has 132 valence electrons. The van der Waals surface area contributed by atoms with E-state index in [4.69, 9.17) is 4.99 Å².